The first-order valence-corrected chi connectivity index (χ1v) is 5.97. The van der Waals surface area contributed by atoms with E-state index in [9.17, 15) is 4.79 Å². The lowest BCUT2D eigenvalue weighted by molar-refractivity contribution is -0.145. The molecule has 0 fully saturated rings. The zero-order valence-electron chi connectivity index (χ0n) is 10.1. The van der Waals surface area contributed by atoms with Crippen LogP contribution < -0.4 is 0 Å². The number of unbranched alkanes of at least 4 members (excludes halogenated alkanes) is 2. The molecule has 0 aliphatic rings. The van der Waals surface area contributed by atoms with Gasteiger partial charge in [-0.1, -0.05) is 50.1 Å². The van der Waals surface area contributed by atoms with Gasteiger partial charge in [-0.05, 0) is 18.9 Å². The lowest BCUT2D eigenvalue weighted by Gasteiger charge is -2.11. The summed E-state index contributed by atoms with van der Waals surface area (Å²) in [6.07, 6.45) is 3.22. The number of esters is 1. The number of benzene rings is 1. The topological polar surface area (TPSA) is 26.3 Å². The summed E-state index contributed by atoms with van der Waals surface area (Å²) in [6.45, 7) is 4.57. The van der Waals surface area contributed by atoms with Crippen LogP contribution in [0.4, 0.5) is 0 Å². The van der Waals surface area contributed by atoms with Crippen molar-refractivity contribution < 1.29 is 9.53 Å². The van der Waals surface area contributed by atoms with Gasteiger partial charge in [0.25, 0.3) is 0 Å². The van der Waals surface area contributed by atoms with E-state index in [1.165, 1.54) is 0 Å². The molecule has 0 unspecified atom stereocenters. The molecule has 0 bridgehead atoms. The molecule has 0 aliphatic heterocycles. The fourth-order valence-electron chi connectivity index (χ4n) is 1.53. The van der Waals surface area contributed by atoms with E-state index in [2.05, 4.69) is 6.92 Å². The molecule has 16 heavy (non-hydrogen) atoms. The summed E-state index contributed by atoms with van der Waals surface area (Å²) in [5.74, 6) is -0.287. The van der Waals surface area contributed by atoms with E-state index in [4.69, 9.17) is 4.74 Å². The Kier molecular flexibility index (Phi) is 5.62. The molecule has 1 aromatic rings. The van der Waals surface area contributed by atoms with Gasteiger partial charge >= 0.3 is 5.97 Å². The summed E-state index contributed by atoms with van der Waals surface area (Å²) in [7, 11) is 0. The molecule has 0 saturated carbocycles. The van der Waals surface area contributed by atoms with E-state index >= 15 is 0 Å². The third-order valence-corrected chi connectivity index (χ3v) is 2.65. The fraction of sp³-hybridized carbons (Fsp3) is 0.500. The number of carbonyl (C=O) groups excluding carboxylic acids is 1. The molecule has 1 aromatic carbocycles. The molecule has 1 atom stereocenters. The second-order valence-corrected chi connectivity index (χ2v) is 4.01. The summed E-state index contributed by atoms with van der Waals surface area (Å²) in [5, 5.41) is 0. The molecule has 0 amide bonds. The van der Waals surface area contributed by atoms with E-state index in [-0.39, 0.29) is 11.9 Å². The van der Waals surface area contributed by atoms with Crippen LogP contribution in [-0.4, -0.2) is 12.6 Å². The predicted octanol–water partition coefficient (Wildman–Crippen LogP) is 3.52. The molecular weight excluding hydrogens is 200 g/mol. The Morgan fingerprint density at radius 3 is 2.56 bits per heavy atom. The Balaban J connectivity index is 2.37. The van der Waals surface area contributed by atoms with Crippen molar-refractivity contribution in [2.75, 3.05) is 6.61 Å². The van der Waals surface area contributed by atoms with Crippen LogP contribution >= 0.6 is 0 Å². The molecule has 0 heterocycles. The largest absolute Gasteiger partial charge is 0.465 e. The second kappa shape index (κ2) is 7.04. The molecule has 2 nitrogen and oxygen atoms in total. The molecule has 0 spiro atoms. The van der Waals surface area contributed by atoms with Crippen molar-refractivity contribution in [2.24, 2.45) is 0 Å². The van der Waals surface area contributed by atoms with Crippen molar-refractivity contribution in [1.82, 2.24) is 0 Å². The van der Waals surface area contributed by atoms with Crippen molar-refractivity contribution in [2.45, 2.75) is 39.0 Å². The first-order valence-electron chi connectivity index (χ1n) is 5.97. The van der Waals surface area contributed by atoms with Gasteiger partial charge in [-0.25, -0.2) is 0 Å². The van der Waals surface area contributed by atoms with Crippen molar-refractivity contribution in [1.29, 1.82) is 0 Å². The Morgan fingerprint density at radius 2 is 1.94 bits per heavy atom. The highest BCUT2D eigenvalue weighted by Crippen LogP contribution is 2.16. The average Bonchev–Trinajstić information content (AvgIpc) is 2.34. The SMILES string of the molecule is CCCCCOC(=O)[C@@H](C)c1ccccc1. The molecule has 0 aromatic heterocycles. The monoisotopic (exact) mass is 220 g/mol. The maximum absolute atomic E-state index is 11.7. The van der Waals surface area contributed by atoms with Crippen LogP contribution in [0.25, 0.3) is 0 Å². The van der Waals surface area contributed by atoms with Crippen molar-refractivity contribution >= 4 is 5.97 Å². The second-order valence-electron chi connectivity index (χ2n) is 4.01. The van der Waals surface area contributed by atoms with E-state index < -0.39 is 0 Å². The van der Waals surface area contributed by atoms with E-state index in [0.29, 0.717) is 6.61 Å². The fourth-order valence-corrected chi connectivity index (χ4v) is 1.53. The number of hydrogen-bond donors (Lipinski definition) is 0. The van der Waals surface area contributed by atoms with Crippen molar-refractivity contribution in [3.63, 3.8) is 0 Å². The van der Waals surface area contributed by atoms with Gasteiger partial charge in [-0.15, -0.1) is 0 Å². The standard InChI is InChI=1S/C14H20O2/c1-3-4-8-11-16-14(15)12(2)13-9-6-5-7-10-13/h5-7,9-10,12H,3-4,8,11H2,1-2H3/t12-/m0/s1. The number of rotatable bonds is 6. The third kappa shape index (κ3) is 4.05. The summed E-state index contributed by atoms with van der Waals surface area (Å²) in [5.41, 5.74) is 1.02. The minimum absolute atomic E-state index is 0.123. The first-order chi connectivity index (χ1) is 7.75. The van der Waals surface area contributed by atoms with Crippen LogP contribution in [0.2, 0.25) is 0 Å². The Bertz CT molecular complexity index is 306. The summed E-state index contributed by atoms with van der Waals surface area (Å²) < 4.78 is 5.22. The van der Waals surface area contributed by atoms with Crippen LogP contribution in [0.3, 0.4) is 0 Å². The zero-order valence-corrected chi connectivity index (χ0v) is 10.1. The lowest BCUT2D eigenvalue weighted by Crippen LogP contribution is -2.13. The van der Waals surface area contributed by atoms with Gasteiger partial charge in [0.05, 0.1) is 12.5 Å². The van der Waals surface area contributed by atoms with Gasteiger partial charge in [0.15, 0.2) is 0 Å². The van der Waals surface area contributed by atoms with Gasteiger partial charge in [0.2, 0.25) is 0 Å². The van der Waals surface area contributed by atoms with Crippen LogP contribution in [-0.2, 0) is 9.53 Å². The van der Waals surface area contributed by atoms with Crippen LogP contribution in [0.15, 0.2) is 30.3 Å². The van der Waals surface area contributed by atoms with E-state index in [0.717, 1.165) is 24.8 Å². The van der Waals surface area contributed by atoms with Gasteiger partial charge in [0, 0.05) is 0 Å². The third-order valence-electron chi connectivity index (χ3n) is 2.65. The van der Waals surface area contributed by atoms with E-state index in [1.807, 2.05) is 37.3 Å². The van der Waals surface area contributed by atoms with E-state index in [1.54, 1.807) is 0 Å². The average molecular weight is 220 g/mol. The number of carbonyl (C=O) groups is 1. The minimum atomic E-state index is -0.164. The van der Waals surface area contributed by atoms with Crippen molar-refractivity contribution in [3.8, 4) is 0 Å². The predicted molar refractivity (Wildman–Crippen MR) is 65.3 cm³/mol. The number of hydrogen-bond acceptors (Lipinski definition) is 2. The Morgan fingerprint density at radius 1 is 1.25 bits per heavy atom. The molecule has 0 N–H and O–H groups in total. The molecule has 0 saturated heterocycles. The highest BCUT2D eigenvalue weighted by atomic mass is 16.5. The van der Waals surface area contributed by atoms with Gasteiger partial charge in [-0.3, -0.25) is 4.79 Å². The van der Waals surface area contributed by atoms with Crippen molar-refractivity contribution in [3.05, 3.63) is 35.9 Å². The Hall–Kier alpha value is -1.31. The molecule has 2 heteroatoms. The quantitative estimate of drug-likeness (QED) is 0.541. The first kappa shape index (κ1) is 12.8. The normalized spacial score (nSPS) is 12.1. The molecule has 0 aliphatic carbocycles. The van der Waals surface area contributed by atoms with Gasteiger partial charge in [0.1, 0.15) is 0 Å². The smallest absolute Gasteiger partial charge is 0.313 e. The minimum Gasteiger partial charge on any atom is -0.465 e. The number of ether oxygens (including phenoxy) is 1. The summed E-state index contributed by atoms with van der Waals surface area (Å²) in [4.78, 5) is 11.7. The molecular formula is C14H20O2. The lowest BCUT2D eigenvalue weighted by atomic mass is 10.0. The molecule has 0 radical (unpaired) electrons. The summed E-state index contributed by atoms with van der Waals surface area (Å²) in [6, 6.07) is 9.74. The zero-order chi connectivity index (χ0) is 11.8. The highest BCUT2D eigenvalue weighted by molar-refractivity contribution is 5.77. The highest BCUT2D eigenvalue weighted by Gasteiger charge is 2.15. The van der Waals surface area contributed by atoms with Crippen LogP contribution in [0.1, 0.15) is 44.6 Å². The summed E-state index contributed by atoms with van der Waals surface area (Å²) >= 11 is 0. The molecule has 88 valence electrons. The maximum atomic E-state index is 11.7. The molecule has 1 rings (SSSR count). The van der Waals surface area contributed by atoms with Gasteiger partial charge < -0.3 is 4.74 Å². The Labute approximate surface area is 97.6 Å². The van der Waals surface area contributed by atoms with Crippen LogP contribution in [0.5, 0.6) is 0 Å². The maximum Gasteiger partial charge on any atom is 0.313 e. The van der Waals surface area contributed by atoms with Crippen LogP contribution in [0, 0.1) is 0 Å². The van der Waals surface area contributed by atoms with Gasteiger partial charge in [-0.2, -0.15) is 0 Å².